The van der Waals surface area contributed by atoms with E-state index in [1.807, 2.05) is 20.8 Å². The molecule has 164 valence electrons. The lowest BCUT2D eigenvalue weighted by Crippen LogP contribution is -2.58. The standard InChI is InChI=1S/C25H40O4/c1-5-16(2)21(26)29-15-18-14-25-12-9-19-23(3,20(25)8-7-17(18)13-25)10-6-11-24(19,4)22(27)28/h16-20H,5-15H2,1-4H3,(H,27,28)/t16?,17-,18?,19+,20+,23-,24-,25?/m1/s1. The molecule has 4 rings (SSSR count). The van der Waals surface area contributed by atoms with Crippen molar-refractivity contribution < 1.29 is 19.4 Å². The Morgan fingerprint density at radius 1 is 1.07 bits per heavy atom. The molecule has 4 heteroatoms. The van der Waals surface area contributed by atoms with Gasteiger partial charge in [0.05, 0.1) is 17.9 Å². The fourth-order valence-electron chi connectivity index (χ4n) is 8.54. The first kappa shape index (κ1) is 21.2. The Labute approximate surface area is 176 Å². The molecule has 0 aromatic heterocycles. The highest BCUT2D eigenvalue weighted by molar-refractivity contribution is 5.75. The van der Waals surface area contributed by atoms with Crippen molar-refractivity contribution in [2.24, 2.45) is 45.8 Å². The third kappa shape index (κ3) is 3.15. The van der Waals surface area contributed by atoms with E-state index in [-0.39, 0.29) is 17.3 Å². The Balaban J connectivity index is 1.52. The molecule has 0 aliphatic heterocycles. The number of ether oxygens (including phenoxy) is 1. The van der Waals surface area contributed by atoms with Crippen molar-refractivity contribution in [3.63, 3.8) is 0 Å². The molecule has 0 radical (unpaired) electrons. The van der Waals surface area contributed by atoms with Gasteiger partial charge in [-0.05, 0) is 99.2 Å². The number of carboxylic acids is 1. The van der Waals surface area contributed by atoms with Crippen LogP contribution < -0.4 is 0 Å². The second-order valence-corrected chi connectivity index (χ2v) is 11.5. The zero-order valence-corrected chi connectivity index (χ0v) is 18.8. The molecule has 0 heterocycles. The quantitative estimate of drug-likeness (QED) is 0.598. The lowest BCUT2D eigenvalue weighted by molar-refractivity contribution is -0.181. The van der Waals surface area contributed by atoms with E-state index in [1.165, 1.54) is 38.5 Å². The van der Waals surface area contributed by atoms with Crippen molar-refractivity contribution in [3.8, 4) is 0 Å². The van der Waals surface area contributed by atoms with Gasteiger partial charge in [-0.25, -0.2) is 0 Å². The van der Waals surface area contributed by atoms with Gasteiger partial charge in [0.25, 0.3) is 0 Å². The Kier molecular flexibility index (Phi) is 5.31. The minimum absolute atomic E-state index is 0.00743. The molecular weight excluding hydrogens is 364 g/mol. The first-order chi connectivity index (χ1) is 13.7. The molecule has 4 nitrogen and oxygen atoms in total. The van der Waals surface area contributed by atoms with Gasteiger partial charge in [0.2, 0.25) is 0 Å². The molecule has 2 bridgehead atoms. The van der Waals surface area contributed by atoms with E-state index in [2.05, 4.69) is 6.92 Å². The van der Waals surface area contributed by atoms with Crippen LogP contribution in [0.25, 0.3) is 0 Å². The molecule has 4 saturated carbocycles. The minimum Gasteiger partial charge on any atom is -0.481 e. The molecule has 0 aromatic rings. The second-order valence-electron chi connectivity index (χ2n) is 11.5. The summed E-state index contributed by atoms with van der Waals surface area (Å²) in [7, 11) is 0. The van der Waals surface area contributed by atoms with Crippen LogP contribution in [0.15, 0.2) is 0 Å². The van der Waals surface area contributed by atoms with Crippen molar-refractivity contribution in [2.75, 3.05) is 6.61 Å². The first-order valence-corrected chi connectivity index (χ1v) is 12.1. The number of rotatable bonds is 5. The molecule has 0 amide bonds. The van der Waals surface area contributed by atoms with Crippen LogP contribution >= 0.6 is 0 Å². The summed E-state index contributed by atoms with van der Waals surface area (Å²) in [6, 6.07) is 0. The maximum atomic E-state index is 12.2. The number of carbonyl (C=O) groups excluding carboxylic acids is 1. The second kappa shape index (κ2) is 7.27. The normalized spacial score (nSPS) is 47.0. The summed E-state index contributed by atoms with van der Waals surface area (Å²) in [6.07, 6.45) is 11.0. The smallest absolute Gasteiger partial charge is 0.309 e. The van der Waals surface area contributed by atoms with E-state index in [0.717, 1.165) is 25.7 Å². The number of hydrogen-bond acceptors (Lipinski definition) is 3. The van der Waals surface area contributed by atoms with Crippen LogP contribution in [0, 0.1) is 45.8 Å². The van der Waals surface area contributed by atoms with Gasteiger partial charge < -0.3 is 9.84 Å². The van der Waals surface area contributed by atoms with Crippen molar-refractivity contribution in [2.45, 2.75) is 91.9 Å². The van der Waals surface area contributed by atoms with Gasteiger partial charge in [0.15, 0.2) is 0 Å². The Morgan fingerprint density at radius 2 is 1.83 bits per heavy atom. The highest BCUT2D eigenvalue weighted by Gasteiger charge is 2.65. The molecule has 4 fully saturated rings. The van der Waals surface area contributed by atoms with Gasteiger partial charge in [-0.3, -0.25) is 9.59 Å². The molecule has 0 aromatic carbocycles. The summed E-state index contributed by atoms with van der Waals surface area (Å²) in [5.41, 5.74) is -0.0510. The number of aliphatic carboxylic acids is 1. The summed E-state index contributed by atoms with van der Waals surface area (Å²) >= 11 is 0. The summed E-state index contributed by atoms with van der Waals surface area (Å²) in [6.45, 7) is 9.03. The number of fused-ring (bicyclic) bond motifs is 3. The van der Waals surface area contributed by atoms with E-state index < -0.39 is 11.4 Å². The SMILES string of the molecule is CCC(C)C(=O)OCC1CC23CC[C@H]4[C@@](C)(CCC[C@@]4(C)C(=O)O)[C@@H]2CC[C@@H]1C3. The average Bonchev–Trinajstić information content (AvgIpc) is 2.94. The number of esters is 1. The number of hydrogen-bond donors (Lipinski definition) is 1. The van der Waals surface area contributed by atoms with E-state index in [9.17, 15) is 14.7 Å². The van der Waals surface area contributed by atoms with Crippen LogP contribution in [0.2, 0.25) is 0 Å². The monoisotopic (exact) mass is 404 g/mol. The van der Waals surface area contributed by atoms with E-state index in [1.54, 1.807) is 0 Å². The molecule has 29 heavy (non-hydrogen) atoms. The van der Waals surface area contributed by atoms with E-state index >= 15 is 0 Å². The number of carboxylic acid groups (broad SMARTS) is 1. The fourth-order valence-corrected chi connectivity index (χ4v) is 8.54. The zero-order valence-electron chi connectivity index (χ0n) is 18.8. The summed E-state index contributed by atoms with van der Waals surface area (Å²) in [5, 5.41) is 10.1. The molecule has 8 atom stereocenters. The van der Waals surface area contributed by atoms with Gasteiger partial charge in [-0.2, -0.15) is 0 Å². The Hall–Kier alpha value is -1.06. The number of carbonyl (C=O) groups is 2. The highest BCUT2D eigenvalue weighted by atomic mass is 16.5. The van der Waals surface area contributed by atoms with E-state index in [4.69, 9.17) is 4.74 Å². The largest absolute Gasteiger partial charge is 0.481 e. The van der Waals surface area contributed by atoms with Crippen LogP contribution in [0.3, 0.4) is 0 Å². The molecule has 3 unspecified atom stereocenters. The van der Waals surface area contributed by atoms with E-state index in [0.29, 0.717) is 35.7 Å². The lowest BCUT2D eigenvalue weighted by atomic mass is 9.41. The topological polar surface area (TPSA) is 63.6 Å². The maximum Gasteiger partial charge on any atom is 0.309 e. The van der Waals surface area contributed by atoms with Crippen molar-refractivity contribution >= 4 is 11.9 Å². The molecule has 1 spiro atoms. The van der Waals surface area contributed by atoms with Crippen LogP contribution in [0.5, 0.6) is 0 Å². The molecule has 1 N–H and O–H groups in total. The summed E-state index contributed by atoms with van der Waals surface area (Å²) in [4.78, 5) is 24.4. The van der Waals surface area contributed by atoms with Gasteiger partial charge in [0, 0.05) is 0 Å². The van der Waals surface area contributed by atoms with Crippen molar-refractivity contribution in [1.82, 2.24) is 0 Å². The molecular formula is C25H40O4. The average molecular weight is 405 g/mol. The summed E-state index contributed by atoms with van der Waals surface area (Å²) in [5.74, 6) is 1.50. The predicted molar refractivity (Wildman–Crippen MR) is 112 cm³/mol. The van der Waals surface area contributed by atoms with Gasteiger partial charge in [-0.1, -0.05) is 27.2 Å². The van der Waals surface area contributed by atoms with Crippen LogP contribution in [-0.2, 0) is 14.3 Å². The summed E-state index contributed by atoms with van der Waals surface area (Å²) < 4.78 is 5.74. The predicted octanol–water partition coefficient (Wildman–Crippen LogP) is 5.69. The molecule has 4 aliphatic carbocycles. The van der Waals surface area contributed by atoms with Gasteiger partial charge in [-0.15, -0.1) is 0 Å². The molecule has 4 aliphatic rings. The van der Waals surface area contributed by atoms with Crippen LogP contribution in [0.1, 0.15) is 91.9 Å². The third-order valence-electron chi connectivity index (χ3n) is 10.2. The Morgan fingerprint density at radius 3 is 2.52 bits per heavy atom. The maximum absolute atomic E-state index is 12.2. The molecule has 0 saturated heterocycles. The van der Waals surface area contributed by atoms with Crippen molar-refractivity contribution in [1.29, 1.82) is 0 Å². The van der Waals surface area contributed by atoms with Crippen molar-refractivity contribution in [3.05, 3.63) is 0 Å². The lowest BCUT2D eigenvalue weighted by Gasteiger charge is -2.63. The third-order valence-corrected chi connectivity index (χ3v) is 10.2. The Bertz CT molecular complexity index is 674. The van der Waals surface area contributed by atoms with Crippen LogP contribution in [-0.4, -0.2) is 23.7 Å². The van der Waals surface area contributed by atoms with Gasteiger partial charge in [0.1, 0.15) is 0 Å². The van der Waals surface area contributed by atoms with Crippen LogP contribution in [0.4, 0.5) is 0 Å². The fraction of sp³-hybridized carbons (Fsp3) is 0.920. The first-order valence-electron chi connectivity index (χ1n) is 12.1. The van der Waals surface area contributed by atoms with Gasteiger partial charge >= 0.3 is 11.9 Å². The minimum atomic E-state index is -0.584. The zero-order chi connectivity index (χ0) is 21.0. The highest BCUT2D eigenvalue weighted by Crippen LogP contribution is 2.72.